The number of thioether (sulfide) groups is 1. The molecule has 0 bridgehead atoms. The predicted molar refractivity (Wildman–Crippen MR) is 168 cm³/mol. The zero-order valence-corrected chi connectivity index (χ0v) is 25.9. The van der Waals surface area contributed by atoms with E-state index in [-0.39, 0.29) is 31.9 Å². The van der Waals surface area contributed by atoms with E-state index in [1.165, 1.54) is 54.2 Å². The largest absolute Gasteiger partial charge is 0.492 e. The van der Waals surface area contributed by atoms with Crippen molar-refractivity contribution >= 4 is 66.4 Å². The van der Waals surface area contributed by atoms with Gasteiger partial charge >= 0.3 is 0 Å². The topological polar surface area (TPSA) is 122 Å². The smallest absolute Gasteiger partial charge is 0.264 e. The highest BCUT2D eigenvalue weighted by Gasteiger charge is 2.29. The van der Waals surface area contributed by atoms with Crippen molar-refractivity contribution in [2.45, 2.75) is 21.6 Å². The van der Waals surface area contributed by atoms with Crippen LogP contribution in [0.25, 0.3) is 0 Å². The van der Waals surface area contributed by atoms with Crippen LogP contribution in [0, 0.1) is 0 Å². The second kappa shape index (κ2) is 13.5. The highest BCUT2D eigenvalue weighted by molar-refractivity contribution is 7.98. The van der Waals surface area contributed by atoms with Gasteiger partial charge in [-0.15, -0.1) is 11.8 Å². The van der Waals surface area contributed by atoms with Gasteiger partial charge in [-0.1, -0.05) is 35.9 Å². The van der Waals surface area contributed by atoms with E-state index in [4.69, 9.17) is 16.3 Å². The molecule has 0 unspecified atom stereocenters. The summed E-state index contributed by atoms with van der Waals surface area (Å²) in [5, 5.41) is 2.89. The fourth-order valence-corrected chi connectivity index (χ4v) is 7.07. The number of amides is 1. The lowest BCUT2D eigenvalue weighted by molar-refractivity contribution is -0.114. The number of sulfonamides is 2. The van der Waals surface area contributed by atoms with Gasteiger partial charge in [0.25, 0.3) is 20.0 Å². The summed E-state index contributed by atoms with van der Waals surface area (Å²) in [6.07, 6.45) is 1.88. The Kier molecular flexibility index (Phi) is 10.0. The van der Waals surface area contributed by atoms with Gasteiger partial charge in [-0.05, 0) is 86.0 Å². The Morgan fingerprint density at radius 1 is 0.857 bits per heavy atom. The molecule has 0 heterocycles. The van der Waals surface area contributed by atoms with Gasteiger partial charge in [0.1, 0.15) is 12.3 Å². The number of anilines is 3. The Hall–Kier alpha value is -3.71. The molecule has 0 radical (unpaired) electrons. The van der Waals surface area contributed by atoms with E-state index in [0.717, 1.165) is 9.20 Å². The molecule has 4 aromatic carbocycles. The lowest BCUT2D eigenvalue weighted by atomic mass is 10.3. The summed E-state index contributed by atoms with van der Waals surface area (Å²) in [6, 6.07) is 24.8. The Bertz CT molecular complexity index is 1770. The van der Waals surface area contributed by atoms with Crippen LogP contribution in [0.3, 0.4) is 0 Å². The molecule has 9 nitrogen and oxygen atoms in total. The van der Waals surface area contributed by atoms with Gasteiger partial charge < -0.3 is 10.1 Å². The first-order valence-corrected chi connectivity index (χ1v) is 17.1. The average Bonchev–Trinajstić information content (AvgIpc) is 2.98. The number of hydrogen-bond donors (Lipinski definition) is 2. The van der Waals surface area contributed by atoms with Crippen molar-refractivity contribution in [3.63, 3.8) is 0 Å². The summed E-state index contributed by atoms with van der Waals surface area (Å²) in [6.45, 7) is 1.50. The first kappa shape index (κ1) is 31.2. The first-order valence-electron chi connectivity index (χ1n) is 12.6. The Morgan fingerprint density at radius 2 is 1.48 bits per heavy atom. The summed E-state index contributed by atoms with van der Waals surface area (Å²) in [5.41, 5.74) is 0.709. The van der Waals surface area contributed by atoms with Crippen molar-refractivity contribution < 1.29 is 26.4 Å². The van der Waals surface area contributed by atoms with Gasteiger partial charge in [0.05, 0.1) is 32.8 Å². The molecule has 4 aromatic rings. The van der Waals surface area contributed by atoms with Crippen LogP contribution in [0.5, 0.6) is 5.75 Å². The Balaban J connectivity index is 1.58. The van der Waals surface area contributed by atoms with Crippen LogP contribution in [-0.2, 0) is 24.8 Å². The lowest BCUT2D eigenvalue weighted by Gasteiger charge is -2.26. The zero-order chi connectivity index (χ0) is 30.3. The van der Waals surface area contributed by atoms with E-state index in [1.807, 2.05) is 6.26 Å². The van der Waals surface area contributed by atoms with Crippen molar-refractivity contribution in [1.82, 2.24) is 0 Å². The number of hydrogen-bond acceptors (Lipinski definition) is 7. The zero-order valence-electron chi connectivity index (χ0n) is 22.7. The lowest BCUT2D eigenvalue weighted by Crippen LogP contribution is -2.38. The van der Waals surface area contributed by atoms with Crippen LogP contribution in [0.15, 0.2) is 112 Å². The quantitative estimate of drug-likeness (QED) is 0.179. The number of benzene rings is 4. The van der Waals surface area contributed by atoms with Gasteiger partial charge in [-0.3, -0.25) is 13.8 Å². The molecule has 1 amide bonds. The number of para-hydroxylation sites is 3. The Labute approximate surface area is 255 Å². The number of carbonyl (C=O) groups is 1. The average molecular weight is 646 g/mol. The summed E-state index contributed by atoms with van der Waals surface area (Å²) in [4.78, 5) is 14.0. The molecule has 0 fully saturated rings. The molecule has 2 N–H and O–H groups in total. The molecule has 220 valence electrons. The summed E-state index contributed by atoms with van der Waals surface area (Å²) >= 11 is 7.55. The van der Waals surface area contributed by atoms with Gasteiger partial charge in [-0.25, -0.2) is 16.8 Å². The molecule has 4 rings (SSSR count). The molecule has 0 aliphatic heterocycles. The number of rotatable bonds is 12. The van der Waals surface area contributed by atoms with E-state index >= 15 is 0 Å². The SMILES string of the molecule is CCOc1ccccc1N(CC(=O)Nc1ccc(S(=O)(=O)Nc2ccccc2Cl)cc1)S(=O)(=O)c1ccc(SC)cc1. The van der Waals surface area contributed by atoms with E-state index < -0.39 is 32.5 Å². The summed E-state index contributed by atoms with van der Waals surface area (Å²) < 4.78 is 62.3. The number of carbonyl (C=O) groups excluding carboxylic acids is 1. The molecule has 0 aliphatic carbocycles. The number of ether oxygens (including phenoxy) is 1. The maximum atomic E-state index is 13.8. The van der Waals surface area contributed by atoms with Gasteiger partial charge in [0.2, 0.25) is 5.91 Å². The third-order valence-corrected chi connectivity index (χ3v) is 10.2. The molecule has 0 atom stereocenters. The second-order valence-electron chi connectivity index (χ2n) is 8.75. The second-order valence-corrected chi connectivity index (χ2v) is 13.6. The minimum atomic E-state index is -4.18. The molecular formula is C29H28ClN3O6S3. The molecule has 0 spiro atoms. The summed E-state index contributed by atoms with van der Waals surface area (Å²) in [5.74, 6) is -0.340. The fourth-order valence-electron chi connectivity index (χ4n) is 3.91. The minimum Gasteiger partial charge on any atom is -0.492 e. The predicted octanol–water partition coefficient (Wildman–Crippen LogP) is 6.10. The molecule has 0 aliphatic rings. The van der Waals surface area contributed by atoms with Crippen LogP contribution in [0.1, 0.15) is 6.92 Å². The van der Waals surface area contributed by atoms with Crippen LogP contribution in [0.2, 0.25) is 5.02 Å². The first-order chi connectivity index (χ1) is 20.0. The van der Waals surface area contributed by atoms with E-state index in [9.17, 15) is 21.6 Å². The van der Waals surface area contributed by atoms with Crippen LogP contribution in [0.4, 0.5) is 17.1 Å². The fraction of sp³-hybridized carbons (Fsp3) is 0.138. The van der Waals surface area contributed by atoms with Crippen LogP contribution < -0.4 is 19.1 Å². The molecule has 0 saturated carbocycles. The van der Waals surface area contributed by atoms with Gasteiger partial charge in [0.15, 0.2) is 0 Å². The molecule has 0 saturated heterocycles. The minimum absolute atomic E-state index is 0.0139. The number of nitrogens with one attached hydrogen (secondary N) is 2. The van der Waals surface area contributed by atoms with Crippen molar-refractivity contribution in [2.75, 3.05) is 33.8 Å². The van der Waals surface area contributed by atoms with Crippen LogP contribution in [-0.4, -0.2) is 42.2 Å². The third kappa shape index (κ3) is 7.37. The molecule has 13 heteroatoms. The van der Waals surface area contributed by atoms with Gasteiger partial charge in [-0.2, -0.15) is 0 Å². The standard InChI is InChI=1S/C29H28ClN3O6S3/c1-3-39-28-11-7-6-10-27(28)33(42(37,38)24-18-14-22(40-2)15-19-24)20-29(34)31-21-12-16-23(17-13-21)41(35,36)32-26-9-5-4-8-25(26)30/h4-19,32H,3,20H2,1-2H3,(H,31,34). The molecule has 0 aromatic heterocycles. The monoisotopic (exact) mass is 645 g/mol. The maximum absolute atomic E-state index is 13.8. The van der Waals surface area contributed by atoms with Crippen molar-refractivity contribution in [2.24, 2.45) is 0 Å². The number of halogens is 1. The van der Waals surface area contributed by atoms with Crippen LogP contribution >= 0.6 is 23.4 Å². The number of nitrogens with zero attached hydrogens (tertiary/aromatic N) is 1. The summed E-state index contributed by atoms with van der Waals surface area (Å²) in [7, 11) is -8.13. The highest BCUT2D eigenvalue weighted by Crippen LogP contribution is 2.33. The normalized spacial score (nSPS) is 11.5. The highest BCUT2D eigenvalue weighted by atomic mass is 35.5. The Morgan fingerprint density at radius 3 is 2.12 bits per heavy atom. The van der Waals surface area contributed by atoms with Gasteiger partial charge in [0, 0.05) is 10.6 Å². The molecule has 42 heavy (non-hydrogen) atoms. The van der Waals surface area contributed by atoms with E-state index in [1.54, 1.807) is 61.5 Å². The maximum Gasteiger partial charge on any atom is 0.264 e. The van der Waals surface area contributed by atoms with Crippen molar-refractivity contribution in [3.05, 3.63) is 102 Å². The molecular weight excluding hydrogens is 618 g/mol. The van der Waals surface area contributed by atoms with E-state index in [2.05, 4.69) is 10.0 Å². The van der Waals surface area contributed by atoms with Crippen molar-refractivity contribution in [1.29, 1.82) is 0 Å². The van der Waals surface area contributed by atoms with E-state index in [0.29, 0.717) is 12.4 Å². The third-order valence-electron chi connectivity index (χ3n) is 5.93. The van der Waals surface area contributed by atoms with Crippen molar-refractivity contribution in [3.8, 4) is 5.75 Å².